The molecule has 2 aromatic rings. The third-order valence-corrected chi connectivity index (χ3v) is 9.15. The fourth-order valence-corrected chi connectivity index (χ4v) is 8.11. The number of nitrogens with zero attached hydrogens (tertiary/aromatic N) is 2. The number of rotatable bonds is 6. The Balaban J connectivity index is 1.27. The van der Waals surface area contributed by atoms with Crippen LogP contribution in [0.4, 0.5) is 10.2 Å². The lowest BCUT2D eigenvalue weighted by Crippen LogP contribution is -2.47. The second-order valence-electron chi connectivity index (χ2n) is 11.9. The average molecular weight is 462 g/mol. The predicted molar refractivity (Wildman–Crippen MR) is 132 cm³/mol. The molecule has 0 saturated heterocycles. The summed E-state index contributed by atoms with van der Waals surface area (Å²) < 4.78 is 13.5. The molecule has 7 rings (SSSR count). The summed E-state index contributed by atoms with van der Waals surface area (Å²) in [7, 11) is 0. The first-order valence-electron chi connectivity index (χ1n) is 13.5. The highest BCUT2D eigenvalue weighted by Crippen LogP contribution is 2.61. The third kappa shape index (κ3) is 4.63. The van der Waals surface area contributed by atoms with Crippen molar-refractivity contribution in [3.05, 3.63) is 42.0 Å². The third-order valence-electron chi connectivity index (χ3n) is 9.15. The molecule has 0 spiro atoms. The maximum Gasteiger partial charge on any atom is 0.225 e. The van der Waals surface area contributed by atoms with Crippen LogP contribution in [0.15, 0.2) is 30.5 Å². The van der Waals surface area contributed by atoms with Crippen LogP contribution in [0.5, 0.6) is 0 Å². The number of benzene rings is 1. The highest BCUT2D eigenvalue weighted by atomic mass is 19.1. The summed E-state index contributed by atoms with van der Waals surface area (Å²) in [5, 5.41) is 3.16. The normalized spacial score (nSPS) is 30.4. The molecule has 1 amide bonds. The number of aromatic nitrogens is 2. The van der Waals surface area contributed by atoms with Crippen LogP contribution in [0.2, 0.25) is 0 Å². The zero-order valence-corrected chi connectivity index (χ0v) is 20.1. The highest BCUT2D eigenvalue weighted by Gasteiger charge is 2.51. The van der Waals surface area contributed by atoms with E-state index in [4.69, 9.17) is 9.97 Å². The Morgan fingerprint density at radius 1 is 0.971 bits per heavy atom. The number of hydrogen-bond donors (Lipinski definition) is 1. The summed E-state index contributed by atoms with van der Waals surface area (Å²) in [5.74, 6) is 3.55. The summed E-state index contributed by atoms with van der Waals surface area (Å²) in [4.78, 5) is 22.7. The molecule has 5 saturated carbocycles. The lowest BCUT2D eigenvalue weighted by atomic mass is 9.48. The molecule has 0 radical (unpaired) electrons. The fraction of sp³-hybridized carbons (Fsp3) is 0.621. The van der Waals surface area contributed by atoms with Gasteiger partial charge in [-0.25, -0.2) is 14.4 Å². The number of anilines is 1. The van der Waals surface area contributed by atoms with Crippen LogP contribution in [0.3, 0.4) is 0 Å². The molecule has 1 aromatic carbocycles. The molecular weight excluding hydrogens is 425 g/mol. The van der Waals surface area contributed by atoms with Crippen molar-refractivity contribution in [1.29, 1.82) is 0 Å². The molecule has 0 atom stereocenters. The molecule has 180 valence electrons. The molecule has 5 fully saturated rings. The number of nitrogens with one attached hydrogen (secondary N) is 1. The van der Waals surface area contributed by atoms with E-state index in [2.05, 4.69) is 5.32 Å². The second kappa shape index (κ2) is 9.05. The Hall–Kier alpha value is -2.30. The summed E-state index contributed by atoms with van der Waals surface area (Å²) in [5.41, 5.74) is 2.83. The summed E-state index contributed by atoms with van der Waals surface area (Å²) >= 11 is 0. The fourth-order valence-electron chi connectivity index (χ4n) is 8.11. The van der Waals surface area contributed by atoms with Gasteiger partial charge in [-0.05, 0) is 111 Å². The lowest BCUT2D eigenvalue weighted by molar-refractivity contribution is -0.117. The Kier molecular flexibility index (Phi) is 5.90. The van der Waals surface area contributed by atoms with Crippen LogP contribution in [0.25, 0.3) is 11.3 Å². The van der Waals surface area contributed by atoms with Gasteiger partial charge in [-0.3, -0.25) is 4.79 Å². The van der Waals surface area contributed by atoms with Crippen molar-refractivity contribution in [2.75, 3.05) is 5.32 Å². The summed E-state index contributed by atoms with van der Waals surface area (Å²) in [6, 6.07) is 6.45. The molecule has 5 aliphatic carbocycles. The zero-order valence-electron chi connectivity index (χ0n) is 20.1. The largest absolute Gasteiger partial charge is 0.309 e. The first kappa shape index (κ1) is 22.2. The number of hydrogen-bond acceptors (Lipinski definition) is 3. The van der Waals surface area contributed by atoms with Crippen LogP contribution in [-0.2, 0) is 11.2 Å². The van der Waals surface area contributed by atoms with E-state index in [1.54, 1.807) is 18.3 Å². The van der Waals surface area contributed by atoms with Crippen molar-refractivity contribution in [2.24, 2.45) is 29.1 Å². The minimum Gasteiger partial charge on any atom is -0.309 e. The van der Waals surface area contributed by atoms with Crippen molar-refractivity contribution >= 4 is 11.7 Å². The minimum atomic E-state index is -0.253. The van der Waals surface area contributed by atoms with Gasteiger partial charge >= 0.3 is 0 Å². The standard InChI is InChI=1S/C29H36FN3O/c30-24-8-6-23(7-9-24)26-18-31-28(33-27(34)13-19-4-2-1-3-5-19)25(32-26)17-29-14-20-10-21(15-29)12-22(11-20)16-29/h6-9,18-22H,1-5,10-17H2,(H,31,33,34). The number of halogens is 1. The van der Waals surface area contributed by atoms with Gasteiger partial charge in [-0.2, -0.15) is 0 Å². The summed E-state index contributed by atoms with van der Waals surface area (Å²) in [6.07, 6.45) is 17.4. The van der Waals surface area contributed by atoms with Crippen LogP contribution >= 0.6 is 0 Å². The quantitative estimate of drug-likeness (QED) is 0.506. The maximum atomic E-state index is 13.5. The van der Waals surface area contributed by atoms with Crippen LogP contribution in [0, 0.1) is 34.9 Å². The van der Waals surface area contributed by atoms with Gasteiger partial charge in [0, 0.05) is 12.0 Å². The molecule has 4 bridgehead atoms. The zero-order chi connectivity index (χ0) is 23.1. The SMILES string of the molecule is O=C(CC1CCCCC1)Nc1ncc(-c2ccc(F)cc2)nc1CC12CC3CC(CC(C3)C1)C2. The number of carbonyl (C=O) groups is 1. The predicted octanol–water partition coefficient (Wildman–Crippen LogP) is 6.95. The molecule has 34 heavy (non-hydrogen) atoms. The van der Waals surface area contributed by atoms with E-state index in [1.807, 2.05) is 0 Å². The molecule has 1 aromatic heterocycles. The highest BCUT2D eigenvalue weighted by molar-refractivity contribution is 5.90. The van der Waals surface area contributed by atoms with Crippen molar-refractivity contribution < 1.29 is 9.18 Å². The van der Waals surface area contributed by atoms with Gasteiger partial charge in [0.2, 0.25) is 5.91 Å². The Morgan fingerprint density at radius 2 is 1.62 bits per heavy atom. The molecule has 4 nitrogen and oxygen atoms in total. The molecule has 5 aliphatic rings. The first-order chi connectivity index (χ1) is 16.5. The maximum absolute atomic E-state index is 13.5. The Bertz CT molecular complexity index is 1010. The van der Waals surface area contributed by atoms with Crippen LogP contribution in [-0.4, -0.2) is 15.9 Å². The topological polar surface area (TPSA) is 54.9 Å². The van der Waals surface area contributed by atoms with E-state index >= 15 is 0 Å². The second-order valence-corrected chi connectivity index (χ2v) is 11.9. The molecule has 5 heteroatoms. The van der Waals surface area contributed by atoms with Gasteiger partial charge in [0.25, 0.3) is 0 Å². The van der Waals surface area contributed by atoms with Gasteiger partial charge in [-0.1, -0.05) is 19.3 Å². The van der Waals surface area contributed by atoms with E-state index in [9.17, 15) is 9.18 Å². The van der Waals surface area contributed by atoms with Gasteiger partial charge in [-0.15, -0.1) is 0 Å². The average Bonchev–Trinajstić information content (AvgIpc) is 2.80. The minimum absolute atomic E-state index is 0.0718. The van der Waals surface area contributed by atoms with E-state index in [0.717, 1.165) is 54.0 Å². The molecular formula is C29H36FN3O. The molecule has 1 N–H and O–H groups in total. The van der Waals surface area contributed by atoms with Crippen molar-refractivity contribution in [3.63, 3.8) is 0 Å². The Labute approximate surface area is 202 Å². The van der Waals surface area contributed by atoms with Crippen molar-refractivity contribution in [1.82, 2.24) is 9.97 Å². The molecule has 1 heterocycles. The lowest BCUT2D eigenvalue weighted by Gasteiger charge is -2.57. The van der Waals surface area contributed by atoms with Gasteiger partial charge < -0.3 is 5.32 Å². The number of amides is 1. The molecule has 0 aliphatic heterocycles. The molecule has 0 unspecified atom stereocenters. The number of carbonyl (C=O) groups excluding carboxylic acids is 1. The van der Waals surface area contributed by atoms with Crippen molar-refractivity contribution in [2.45, 2.75) is 83.5 Å². The van der Waals surface area contributed by atoms with E-state index < -0.39 is 0 Å². The van der Waals surface area contributed by atoms with E-state index in [0.29, 0.717) is 23.6 Å². The van der Waals surface area contributed by atoms with Gasteiger partial charge in [0.15, 0.2) is 5.82 Å². The summed E-state index contributed by atoms with van der Waals surface area (Å²) in [6.45, 7) is 0. The van der Waals surface area contributed by atoms with Crippen molar-refractivity contribution in [3.8, 4) is 11.3 Å². The van der Waals surface area contributed by atoms with E-state index in [-0.39, 0.29) is 11.7 Å². The van der Waals surface area contributed by atoms with E-state index in [1.165, 1.54) is 69.9 Å². The smallest absolute Gasteiger partial charge is 0.225 e. The van der Waals surface area contributed by atoms with Gasteiger partial charge in [0.1, 0.15) is 5.82 Å². The Morgan fingerprint density at radius 3 is 2.26 bits per heavy atom. The monoisotopic (exact) mass is 461 g/mol. The van der Waals surface area contributed by atoms with Crippen LogP contribution < -0.4 is 5.32 Å². The van der Waals surface area contributed by atoms with Crippen LogP contribution in [0.1, 0.15) is 82.7 Å². The first-order valence-corrected chi connectivity index (χ1v) is 13.5. The van der Waals surface area contributed by atoms with Gasteiger partial charge in [0.05, 0.1) is 17.6 Å².